The molecule has 3 aromatic rings. The molecule has 1 fully saturated rings. The van der Waals surface area contributed by atoms with Crippen molar-refractivity contribution in [1.82, 2.24) is 10.1 Å². The fraction of sp³-hybridized carbons (Fsp3) is 0.211. The summed E-state index contributed by atoms with van der Waals surface area (Å²) in [6, 6.07) is 12.7. The molecule has 25 heavy (non-hydrogen) atoms. The van der Waals surface area contributed by atoms with Crippen molar-refractivity contribution < 1.29 is 13.7 Å². The Morgan fingerprint density at radius 3 is 2.76 bits per heavy atom. The second kappa shape index (κ2) is 6.47. The van der Waals surface area contributed by atoms with Crippen molar-refractivity contribution >= 4 is 11.6 Å². The standard InChI is InChI=1S/C19H16FN3O2/c20-15-8-2-7-14(10-15)18(24)21-16-9-3-6-13(11-16)17-22-19(25-23-17)12-4-1-5-12/h2-3,6-12H,1,4-5H2,(H,21,24). The minimum absolute atomic E-state index is 0.261. The maximum absolute atomic E-state index is 13.2. The van der Waals surface area contributed by atoms with Gasteiger partial charge in [0.1, 0.15) is 5.82 Å². The van der Waals surface area contributed by atoms with E-state index in [-0.39, 0.29) is 11.5 Å². The van der Waals surface area contributed by atoms with Gasteiger partial charge in [-0.1, -0.05) is 29.8 Å². The lowest BCUT2D eigenvalue weighted by Gasteiger charge is -2.20. The van der Waals surface area contributed by atoms with E-state index < -0.39 is 5.82 Å². The van der Waals surface area contributed by atoms with E-state index in [1.807, 2.05) is 6.07 Å². The normalized spacial score (nSPS) is 14.1. The Balaban J connectivity index is 1.53. The molecule has 1 aliphatic rings. The summed E-state index contributed by atoms with van der Waals surface area (Å²) in [5.41, 5.74) is 1.60. The molecule has 0 unspecified atom stereocenters. The number of carbonyl (C=O) groups excluding carboxylic acids is 1. The van der Waals surface area contributed by atoms with E-state index in [1.165, 1.54) is 24.6 Å². The zero-order valence-electron chi connectivity index (χ0n) is 13.4. The van der Waals surface area contributed by atoms with Gasteiger partial charge in [-0.05, 0) is 43.2 Å². The van der Waals surface area contributed by atoms with Crippen LogP contribution in [0.15, 0.2) is 53.1 Å². The summed E-state index contributed by atoms with van der Waals surface area (Å²) in [7, 11) is 0. The number of benzene rings is 2. The first-order chi connectivity index (χ1) is 12.2. The van der Waals surface area contributed by atoms with Crippen LogP contribution in [0.25, 0.3) is 11.4 Å². The highest BCUT2D eigenvalue weighted by atomic mass is 19.1. The minimum atomic E-state index is -0.447. The lowest BCUT2D eigenvalue weighted by molar-refractivity contribution is 0.102. The van der Waals surface area contributed by atoms with Crippen molar-refractivity contribution in [1.29, 1.82) is 0 Å². The van der Waals surface area contributed by atoms with Crippen molar-refractivity contribution in [3.8, 4) is 11.4 Å². The summed E-state index contributed by atoms with van der Waals surface area (Å²) >= 11 is 0. The molecule has 0 spiro atoms. The zero-order valence-corrected chi connectivity index (χ0v) is 13.4. The molecule has 5 nitrogen and oxygen atoms in total. The Hall–Kier alpha value is -3.02. The molecule has 126 valence electrons. The average Bonchev–Trinajstić information content (AvgIpc) is 3.03. The number of hydrogen-bond donors (Lipinski definition) is 1. The predicted octanol–water partition coefficient (Wildman–Crippen LogP) is 4.40. The van der Waals surface area contributed by atoms with Crippen LogP contribution < -0.4 is 5.32 Å². The van der Waals surface area contributed by atoms with Crippen LogP contribution in [0, 0.1) is 5.82 Å². The molecule has 1 aliphatic carbocycles. The Morgan fingerprint density at radius 1 is 1.16 bits per heavy atom. The molecule has 1 heterocycles. The van der Waals surface area contributed by atoms with Crippen LogP contribution in [0.2, 0.25) is 0 Å². The number of carbonyl (C=O) groups is 1. The lowest BCUT2D eigenvalue weighted by Crippen LogP contribution is -2.12. The summed E-state index contributed by atoms with van der Waals surface area (Å²) in [6.45, 7) is 0. The topological polar surface area (TPSA) is 68.0 Å². The summed E-state index contributed by atoms with van der Waals surface area (Å²) < 4.78 is 18.6. The molecule has 0 radical (unpaired) electrons. The second-order valence-electron chi connectivity index (χ2n) is 6.13. The van der Waals surface area contributed by atoms with Gasteiger partial charge in [0.25, 0.3) is 5.91 Å². The monoisotopic (exact) mass is 337 g/mol. The van der Waals surface area contributed by atoms with E-state index in [4.69, 9.17) is 4.52 Å². The van der Waals surface area contributed by atoms with Gasteiger partial charge in [0.15, 0.2) is 0 Å². The van der Waals surface area contributed by atoms with E-state index in [0.717, 1.165) is 18.4 Å². The summed E-state index contributed by atoms with van der Waals surface area (Å²) in [5, 5.41) is 6.79. The molecule has 1 amide bonds. The van der Waals surface area contributed by atoms with Gasteiger partial charge in [-0.15, -0.1) is 0 Å². The molecule has 0 aliphatic heterocycles. The molecule has 1 N–H and O–H groups in total. The molecule has 2 aromatic carbocycles. The van der Waals surface area contributed by atoms with E-state index in [9.17, 15) is 9.18 Å². The number of aromatic nitrogens is 2. The molecule has 0 saturated heterocycles. The fourth-order valence-electron chi connectivity index (χ4n) is 2.74. The average molecular weight is 337 g/mol. The molecule has 1 aromatic heterocycles. The van der Waals surface area contributed by atoms with Gasteiger partial charge in [-0.3, -0.25) is 4.79 Å². The number of halogens is 1. The first-order valence-corrected chi connectivity index (χ1v) is 8.20. The summed E-state index contributed by atoms with van der Waals surface area (Å²) in [6.07, 6.45) is 3.38. The van der Waals surface area contributed by atoms with Crippen molar-refractivity contribution in [3.05, 3.63) is 65.8 Å². The van der Waals surface area contributed by atoms with Crippen LogP contribution in [0.3, 0.4) is 0 Å². The molecular weight excluding hydrogens is 321 g/mol. The van der Waals surface area contributed by atoms with E-state index >= 15 is 0 Å². The number of rotatable bonds is 4. The predicted molar refractivity (Wildman–Crippen MR) is 90.7 cm³/mol. The van der Waals surface area contributed by atoms with E-state index in [2.05, 4.69) is 15.5 Å². The second-order valence-corrected chi connectivity index (χ2v) is 6.13. The molecule has 1 saturated carbocycles. The maximum Gasteiger partial charge on any atom is 0.255 e. The third kappa shape index (κ3) is 3.28. The largest absolute Gasteiger partial charge is 0.339 e. The minimum Gasteiger partial charge on any atom is -0.339 e. The van der Waals surface area contributed by atoms with E-state index in [0.29, 0.717) is 23.3 Å². The van der Waals surface area contributed by atoms with Crippen LogP contribution >= 0.6 is 0 Å². The van der Waals surface area contributed by atoms with Crippen LogP contribution in [0.1, 0.15) is 41.4 Å². The maximum atomic E-state index is 13.2. The Kier molecular flexibility index (Phi) is 4.01. The van der Waals surface area contributed by atoms with Crippen LogP contribution in [-0.4, -0.2) is 16.0 Å². The smallest absolute Gasteiger partial charge is 0.255 e. The number of amides is 1. The molecule has 0 bridgehead atoms. The SMILES string of the molecule is O=C(Nc1cccc(-c2noc(C3CCC3)n2)c1)c1cccc(F)c1. The Morgan fingerprint density at radius 2 is 2.00 bits per heavy atom. The fourth-order valence-corrected chi connectivity index (χ4v) is 2.74. The number of hydrogen-bond acceptors (Lipinski definition) is 4. The van der Waals surface area contributed by atoms with Crippen LogP contribution in [0.4, 0.5) is 10.1 Å². The van der Waals surface area contributed by atoms with Crippen molar-refractivity contribution in [2.45, 2.75) is 25.2 Å². The molecule has 4 rings (SSSR count). The molecule has 6 heteroatoms. The number of nitrogens with zero attached hydrogens (tertiary/aromatic N) is 2. The highest BCUT2D eigenvalue weighted by molar-refractivity contribution is 6.04. The lowest BCUT2D eigenvalue weighted by atomic mass is 9.85. The number of nitrogens with one attached hydrogen (secondary N) is 1. The van der Waals surface area contributed by atoms with Gasteiger partial charge < -0.3 is 9.84 Å². The highest BCUT2D eigenvalue weighted by Gasteiger charge is 2.25. The van der Waals surface area contributed by atoms with E-state index in [1.54, 1.807) is 24.3 Å². The van der Waals surface area contributed by atoms with Gasteiger partial charge >= 0.3 is 0 Å². The first-order valence-electron chi connectivity index (χ1n) is 8.20. The van der Waals surface area contributed by atoms with Crippen LogP contribution in [0.5, 0.6) is 0 Å². The molecule has 0 atom stereocenters. The summed E-state index contributed by atoms with van der Waals surface area (Å²) in [5.74, 6) is 0.730. The van der Waals surface area contributed by atoms with Gasteiger partial charge in [0.05, 0.1) is 0 Å². The van der Waals surface area contributed by atoms with Gasteiger partial charge in [0, 0.05) is 22.7 Å². The third-order valence-electron chi connectivity index (χ3n) is 4.36. The molecular formula is C19H16FN3O2. The first kappa shape index (κ1) is 15.5. The highest BCUT2D eigenvalue weighted by Crippen LogP contribution is 2.36. The quantitative estimate of drug-likeness (QED) is 0.766. The van der Waals surface area contributed by atoms with Gasteiger partial charge in [0.2, 0.25) is 11.7 Å². The van der Waals surface area contributed by atoms with Crippen molar-refractivity contribution in [3.63, 3.8) is 0 Å². The number of anilines is 1. The van der Waals surface area contributed by atoms with Crippen molar-refractivity contribution in [2.75, 3.05) is 5.32 Å². The third-order valence-corrected chi connectivity index (χ3v) is 4.36. The van der Waals surface area contributed by atoms with Gasteiger partial charge in [-0.25, -0.2) is 4.39 Å². The van der Waals surface area contributed by atoms with Crippen molar-refractivity contribution in [2.24, 2.45) is 0 Å². The Bertz CT molecular complexity index is 918. The summed E-state index contributed by atoms with van der Waals surface area (Å²) in [4.78, 5) is 16.7. The zero-order chi connectivity index (χ0) is 17.2. The Labute approximate surface area is 143 Å². The van der Waals surface area contributed by atoms with Gasteiger partial charge in [-0.2, -0.15) is 4.98 Å². The van der Waals surface area contributed by atoms with Crippen LogP contribution in [-0.2, 0) is 0 Å².